The first kappa shape index (κ1) is 37.3. The molecule has 0 saturated carbocycles. The zero-order chi connectivity index (χ0) is 33.6. The van der Waals surface area contributed by atoms with Crippen LogP contribution in [0.1, 0.15) is 66.0 Å². The minimum absolute atomic E-state index is 0.0309. The average Bonchev–Trinajstić information content (AvgIpc) is 2.98. The van der Waals surface area contributed by atoms with Gasteiger partial charge in [0.15, 0.2) is 0 Å². The molecule has 0 aliphatic heterocycles. The van der Waals surface area contributed by atoms with Crippen LogP contribution in [0, 0.1) is 23.7 Å². The predicted molar refractivity (Wildman–Crippen MR) is 173 cm³/mol. The van der Waals surface area contributed by atoms with Gasteiger partial charge in [-0.3, -0.25) is 14.4 Å². The van der Waals surface area contributed by atoms with Crippen LogP contribution in [0.5, 0.6) is 0 Å². The fourth-order valence-electron chi connectivity index (χ4n) is 4.82. The summed E-state index contributed by atoms with van der Waals surface area (Å²) in [6.07, 6.45) is -0.674. The largest absolute Gasteiger partial charge is 0.469 e. The van der Waals surface area contributed by atoms with E-state index in [2.05, 4.69) is 16.0 Å². The molecule has 0 aromatic heterocycles. The molecule has 0 saturated heterocycles. The zero-order valence-corrected chi connectivity index (χ0v) is 27.9. The molecule has 0 heterocycles. The Morgan fingerprint density at radius 3 is 1.84 bits per heavy atom. The molecular formula is C35H51N3O7. The Hall–Kier alpha value is -3.92. The molecule has 2 aromatic carbocycles. The molecule has 0 aliphatic rings. The minimum atomic E-state index is -0.944. The summed E-state index contributed by atoms with van der Waals surface area (Å²) in [6.45, 7) is 13.3. The Bertz CT molecular complexity index is 1210. The van der Waals surface area contributed by atoms with E-state index in [1.165, 1.54) is 7.11 Å². The van der Waals surface area contributed by atoms with Gasteiger partial charge in [-0.05, 0) is 50.2 Å². The van der Waals surface area contributed by atoms with Crippen LogP contribution in [-0.2, 0) is 41.7 Å². The molecule has 45 heavy (non-hydrogen) atoms. The summed E-state index contributed by atoms with van der Waals surface area (Å²) >= 11 is 0. The number of rotatable bonds is 16. The van der Waals surface area contributed by atoms with Crippen molar-refractivity contribution in [1.29, 1.82) is 0 Å². The van der Waals surface area contributed by atoms with E-state index >= 15 is 0 Å². The van der Waals surface area contributed by atoms with Crippen LogP contribution in [0.2, 0.25) is 0 Å². The second-order valence-corrected chi connectivity index (χ2v) is 12.9. The number of carbonyl (C=O) groups is 4. The van der Waals surface area contributed by atoms with Crippen LogP contribution >= 0.6 is 0 Å². The number of carbonyl (C=O) groups excluding carboxylic acids is 4. The molecule has 4 unspecified atom stereocenters. The SMILES string of the molecule is COC(=O)C(CC(C(=O)NC(C(=O)NCc1ccccc1)C(C)C)C(C)C)C(COCc1ccccc1)NC(=O)OC(C)(C)C. The first-order valence-corrected chi connectivity index (χ1v) is 15.5. The monoisotopic (exact) mass is 625 g/mol. The van der Waals surface area contributed by atoms with Gasteiger partial charge in [-0.15, -0.1) is 0 Å². The second-order valence-electron chi connectivity index (χ2n) is 12.9. The summed E-state index contributed by atoms with van der Waals surface area (Å²) in [5.74, 6) is -3.29. The Labute approximate surface area is 268 Å². The van der Waals surface area contributed by atoms with Gasteiger partial charge in [0.2, 0.25) is 11.8 Å². The van der Waals surface area contributed by atoms with Crippen molar-refractivity contribution in [2.75, 3.05) is 13.7 Å². The summed E-state index contributed by atoms with van der Waals surface area (Å²) in [5, 5.41) is 8.62. The van der Waals surface area contributed by atoms with E-state index in [0.717, 1.165) is 11.1 Å². The van der Waals surface area contributed by atoms with Crippen LogP contribution < -0.4 is 16.0 Å². The van der Waals surface area contributed by atoms with Crippen molar-refractivity contribution in [3.05, 3.63) is 71.8 Å². The molecule has 248 valence electrons. The predicted octanol–water partition coefficient (Wildman–Crippen LogP) is 5.01. The van der Waals surface area contributed by atoms with Gasteiger partial charge in [-0.1, -0.05) is 88.4 Å². The van der Waals surface area contributed by atoms with E-state index in [1.54, 1.807) is 20.8 Å². The maximum Gasteiger partial charge on any atom is 0.407 e. The third kappa shape index (κ3) is 13.3. The smallest absolute Gasteiger partial charge is 0.407 e. The van der Waals surface area contributed by atoms with Gasteiger partial charge in [0.1, 0.15) is 11.6 Å². The quantitative estimate of drug-likeness (QED) is 0.224. The van der Waals surface area contributed by atoms with E-state index < -0.39 is 41.6 Å². The number of ether oxygens (including phenoxy) is 3. The van der Waals surface area contributed by atoms with Gasteiger partial charge in [0.05, 0.1) is 32.3 Å². The second kappa shape index (κ2) is 18.1. The number of alkyl carbamates (subject to hydrolysis) is 1. The standard InChI is InChI=1S/C35H51N3O7/c1-23(2)27(31(39)38-30(24(3)4)32(40)36-20-25-15-11-9-12-16-25)19-28(33(41)43-8)29(37-34(42)45-35(5,6)7)22-44-21-26-17-13-10-14-18-26/h9-18,23-24,27-30H,19-22H2,1-8H3,(H,36,40)(H,37,42)(H,38,39). The van der Waals surface area contributed by atoms with Gasteiger partial charge in [-0.2, -0.15) is 0 Å². The molecule has 3 N–H and O–H groups in total. The van der Waals surface area contributed by atoms with E-state index in [0.29, 0.717) is 6.54 Å². The normalized spacial score (nSPS) is 14.2. The van der Waals surface area contributed by atoms with Crippen LogP contribution in [0.3, 0.4) is 0 Å². The number of benzene rings is 2. The van der Waals surface area contributed by atoms with Crippen molar-refractivity contribution in [1.82, 2.24) is 16.0 Å². The average molecular weight is 626 g/mol. The lowest BCUT2D eigenvalue weighted by Crippen LogP contribution is -2.53. The van der Waals surface area contributed by atoms with Gasteiger partial charge in [0.25, 0.3) is 0 Å². The molecule has 10 heteroatoms. The number of methoxy groups -OCH3 is 1. The topological polar surface area (TPSA) is 132 Å². The summed E-state index contributed by atoms with van der Waals surface area (Å²) in [4.78, 5) is 53.0. The van der Waals surface area contributed by atoms with E-state index in [-0.39, 0.29) is 43.3 Å². The lowest BCUT2D eigenvalue weighted by atomic mass is 9.82. The molecule has 0 spiro atoms. The number of nitrogens with one attached hydrogen (secondary N) is 3. The molecule has 3 amide bonds. The first-order valence-electron chi connectivity index (χ1n) is 15.5. The highest BCUT2D eigenvalue weighted by Crippen LogP contribution is 2.26. The van der Waals surface area contributed by atoms with Crippen molar-refractivity contribution in [3.8, 4) is 0 Å². The number of amides is 3. The van der Waals surface area contributed by atoms with E-state index in [1.807, 2.05) is 88.4 Å². The van der Waals surface area contributed by atoms with Crippen LogP contribution in [-0.4, -0.2) is 55.3 Å². The fraction of sp³-hybridized carbons (Fsp3) is 0.543. The molecule has 0 radical (unpaired) electrons. The minimum Gasteiger partial charge on any atom is -0.469 e. The molecule has 4 atom stereocenters. The number of hydrogen-bond acceptors (Lipinski definition) is 7. The Balaban J connectivity index is 2.26. The number of esters is 1. The third-order valence-electron chi connectivity index (χ3n) is 7.31. The Morgan fingerprint density at radius 2 is 1.33 bits per heavy atom. The van der Waals surface area contributed by atoms with Gasteiger partial charge in [0, 0.05) is 12.5 Å². The fourth-order valence-corrected chi connectivity index (χ4v) is 4.82. The van der Waals surface area contributed by atoms with Crippen molar-refractivity contribution in [2.45, 2.75) is 85.7 Å². The van der Waals surface area contributed by atoms with Crippen LogP contribution in [0.25, 0.3) is 0 Å². The van der Waals surface area contributed by atoms with E-state index in [4.69, 9.17) is 14.2 Å². The highest BCUT2D eigenvalue weighted by molar-refractivity contribution is 5.89. The first-order chi connectivity index (χ1) is 21.2. The third-order valence-corrected chi connectivity index (χ3v) is 7.31. The summed E-state index contributed by atoms with van der Waals surface area (Å²) in [6, 6.07) is 17.4. The maximum absolute atomic E-state index is 13.8. The Morgan fingerprint density at radius 1 is 0.756 bits per heavy atom. The molecular weight excluding hydrogens is 574 g/mol. The van der Waals surface area contributed by atoms with Crippen LogP contribution in [0.15, 0.2) is 60.7 Å². The Kier molecular flexibility index (Phi) is 15.0. The summed E-state index contributed by atoms with van der Waals surface area (Å²) < 4.78 is 16.6. The number of hydrogen-bond donors (Lipinski definition) is 3. The van der Waals surface area contributed by atoms with Crippen molar-refractivity contribution in [3.63, 3.8) is 0 Å². The zero-order valence-electron chi connectivity index (χ0n) is 27.9. The highest BCUT2D eigenvalue weighted by Gasteiger charge is 2.38. The van der Waals surface area contributed by atoms with Gasteiger partial charge >= 0.3 is 12.1 Å². The lowest BCUT2D eigenvalue weighted by Gasteiger charge is -2.32. The van der Waals surface area contributed by atoms with E-state index in [9.17, 15) is 19.2 Å². The lowest BCUT2D eigenvalue weighted by molar-refractivity contribution is -0.148. The molecule has 10 nitrogen and oxygen atoms in total. The summed E-state index contributed by atoms with van der Waals surface area (Å²) in [5.41, 5.74) is 1.10. The summed E-state index contributed by atoms with van der Waals surface area (Å²) in [7, 11) is 1.26. The van der Waals surface area contributed by atoms with Crippen molar-refractivity contribution >= 4 is 23.9 Å². The molecule has 2 rings (SSSR count). The van der Waals surface area contributed by atoms with Crippen molar-refractivity contribution in [2.24, 2.45) is 23.7 Å². The maximum atomic E-state index is 13.8. The highest BCUT2D eigenvalue weighted by atomic mass is 16.6. The molecule has 0 aliphatic carbocycles. The van der Waals surface area contributed by atoms with Gasteiger partial charge < -0.3 is 30.2 Å². The van der Waals surface area contributed by atoms with Crippen molar-refractivity contribution < 1.29 is 33.4 Å². The van der Waals surface area contributed by atoms with Gasteiger partial charge in [-0.25, -0.2) is 4.79 Å². The van der Waals surface area contributed by atoms with Crippen LogP contribution in [0.4, 0.5) is 4.79 Å². The molecule has 0 bridgehead atoms. The molecule has 0 fully saturated rings. The molecule has 2 aromatic rings.